The van der Waals surface area contributed by atoms with Gasteiger partial charge in [0.2, 0.25) is 0 Å². The number of hydrogen-bond donors (Lipinski definition) is 1. The Morgan fingerprint density at radius 3 is 2.11 bits per heavy atom. The van der Waals surface area contributed by atoms with E-state index < -0.39 is 11.7 Å². The van der Waals surface area contributed by atoms with Gasteiger partial charge in [0, 0.05) is 6.54 Å². The Morgan fingerprint density at radius 1 is 1.11 bits per heavy atom. The molecule has 0 rings (SSSR count). The van der Waals surface area contributed by atoms with Crippen LogP contribution in [0.4, 0.5) is 4.79 Å². The van der Waals surface area contributed by atoms with Crippen LogP contribution in [0.15, 0.2) is 23.3 Å². The molecule has 102 valence electrons. The van der Waals surface area contributed by atoms with Crippen LogP contribution in [0, 0.1) is 0 Å². The summed E-state index contributed by atoms with van der Waals surface area (Å²) in [5.74, 6) is -0.0708. The largest absolute Gasteiger partial charge is 0.444 e. The molecule has 0 aromatic heterocycles. The lowest BCUT2D eigenvalue weighted by Crippen LogP contribution is -2.33. The van der Waals surface area contributed by atoms with Gasteiger partial charge in [-0.3, -0.25) is 4.79 Å². The maximum atomic E-state index is 11.4. The molecule has 0 heterocycles. The zero-order valence-electron chi connectivity index (χ0n) is 12.1. The second kappa shape index (κ2) is 6.99. The summed E-state index contributed by atoms with van der Waals surface area (Å²) in [6.45, 7) is 11.2. The molecule has 1 amide bonds. The zero-order valence-corrected chi connectivity index (χ0v) is 12.1. The van der Waals surface area contributed by atoms with Crippen LogP contribution < -0.4 is 5.32 Å². The highest BCUT2D eigenvalue weighted by Crippen LogP contribution is 2.06. The number of ketones is 1. The molecule has 0 aliphatic carbocycles. The van der Waals surface area contributed by atoms with Crippen molar-refractivity contribution in [3.63, 3.8) is 0 Å². The summed E-state index contributed by atoms with van der Waals surface area (Å²) in [4.78, 5) is 22.8. The van der Waals surface area contributed by atoms with Crippen molar-refractivity contribution in [3.8, 4) is 0 Å². The molecule has 0 aromatic rings. The third kappa shape index (κ3) is 9.63. The normalized spacial score (nSPS) is 11.8. The van der Waals surface area contributed by atoms with Gasteiger partial charge in [-0.2, -0.15) is 0 Å². The lowest BCUT2D eigenvalue weighted by Gasteiger charge is -2.19. The van der Waals surface area contributed by atoms with Gasteiger partial charge in [0.25, 0.3) is 0 Å². The Bertz CT molecular complexity index is 369. The van der Waals surface area contributed by atoms with Crippen molar-refractivity contribution in [2.24, 2.45) is 0 Å². The van der Waals surface area contributed by atoms with E-state index in [-0.39, 0.29) is 5.78 Å². The number of nitrogens with one attached hydrogen (secondary N) is 1. The van der Waals surface area contributed by atoms with E-state index >= 15 is 0 Å². The molecule has 0 atom stereocenters. The highest BCUT2D eigenvalue weighted by molar-refractivity contribution is 6.00. The van der Waals surface area contributed by atoms with Crippen molar-refractivity contribution < 1.29 is 14.3 Å². The van der Waals surface area contributed by atoms with Gasteiger partial charge in [0.15, 0.2) is 5.78 Å². The van der Waals surface area contributed by atoms with E-state index in [4.69, 9.17) is 4.74 Å². The minimum Gasteiger partial charge on any atom is -0.444 e. The van der Waals surface area contributed by atoms with E-state index in [2.05, 4.69) is 5.32 Å². The maximum absolute atomic E-state index is 11.4. The van der Waals surface area contributed by atoms with E-state index in [1.54, 1.807) is 33.8 Å². The Labute approximate surface area is 109 Å². The summed E-state index contributed by atoms with van der Waals surface area (Å²) in [5.41, 5.74) is 1.21. The van der Waals surface area contributed by atoms with E-state index in [1.165, 1.54) is 6.08 Å². The predicted molar refractivity (Wildman–Crippen MR) is 72.4 cm³/mol. The van der Waals surface area contributed by atoms with Crippen LogP contribution in [0.3, 0.4) is 0 Å². The molecule has 0 saturated heterocycles. The minimum absolute atomic E-state index is 0.0708. The van der Waals surface area contributed by atoms with Crippen molar-refractivity contribution in [3.05, 3.63) is 23.3 Å². The molecule has 0 aromatic carbocycles. The molecule has 0 fully saturated rings. The fraction of sp³-hybridized carbons (Fsp3) is 0.571. The highest BCUT2D eigenvalue weighted by Gasteiger charge is 2.15. The molecule has 0 spiro atoms. The highest BCUT2D eigenvalue weighted by atomic mass is 16.6. The molecular weight excluding hydrogens is 230 g/mol. The topological polar surface area (TPSA) is 55.4 Å². The Kier molecular flexibility index (Phi) is 6.37. The van der Waals surface area contributed by atoms with Gasteiger partial charge in [-0.1, -0.05) is 11.1 Å². The summed E-state index contributed by atoms with van der Waals surface area (Å²) in [7, 11) is 0. The first-order valence-corrected chi connectivity index (χ1v) is 5.93. The molecule has 0 saturated carbocycles. The lowest BCUT2D eigenvalue weighted by atomic mass is 10.2. The average Bonchev–Trinajstić information content (AvgIpc) is 2.10. The van der Waals surface area contributed by atoms with Crippen molar-refractivity contribution in [1.82, 2.24) is 5.32 Å². The predicted octanol–water partition coefficient (Wildman–Crippen LogP) is 2.99. The Morgan fingerprint density at radius 2 is 1.67 bits per heavy atom. The number of hydrogen-bond acceptors (Lipinski definition) is 3. The van der Waals surface area contributed by atoms with Gasteiger partial charge >= 0.3 is 6.09 Å². The lowest BCUT2D eigenvalue weighted by molar-refractivity contribution is -0.110. The van der Waals surface area contributed by atoms with Crippen molar-refractivity contribution in [2.45, 2.75) is 47.1 Å². The second-order valence-corrected chi connectivity index (χ2v) is 5.47. The molecule has 1 N–H and O–H groups in total. The Hall–Kier alpha value is -1.58. The second-order valence-electron chi connectivity index (χ2n) is 5.47. The molecule has 4 nitrogen and oxygen atoms in total. The van der Waals surface area contributed by atoms with Crippen LogP contribution in [-0.4, -0.2) is 24.0 Å². The summed E-state index contributed by atoms with van der Waals surface area (Å²) >= 11 is 0. The van der Waals surface area contributed by atoms with Crippen molar-refractivity contribution >= 4 is 11.9 Å². The van der Waals surface area contributed by atoms with Gasteiger partial charge < -0.3 is 10.1 Å². The van der Waals surface area contributed by atoms with Crippen LogP contribution in [0.2, 0.25) is 0 Å². The first-order valence-electron chi connectivity index (χ1n) is 5.93. The molecule has 4 heteroatoms. The number of allylic oxidation sites excluding steroid dienone is 3. The molecule has 0 aliphatic rings. The average molecular weight is 253 g/mol. The van der Waals surface area contributed by atoms with Gasteiger partial charge in [0.1, 0.15) is 5.60 Å². The van der Waals surface area contributed by atoms with Crippen molar-refractivity contribution in [2.75, 3.05) is 6.54 Å². The zero-order chi connectivity index (χ0) is 14.3. The molecule has 0 bridgehead atoms. The Balaban J connectivity index is 4.22. The van der Waals surface area contributed by atoms with Crippen LogP contribution in [-0.2, 0) is 9.53 Å². The molecule has 0 unspecified atom stereocenters. The maximum Gasteiger partial charge on any atom is 0.407 e. The molecule has 0 radical (unpaired) electrons. The third-order valence-corrected chi connectivity index (χ3v) is 1.73. The summed E-state index contributed by atoms with van der Waals surface area (Å²) in [6.07, 6.45) is 2.58. The van der Waals surface area contributed by atoms with Crippen LogP contribution in [0.1, 0.15) is 41.5 Å². The molecular formula is C14H23NO3. The van der Waals surface area contributed by atoms with Crippen LogP contribution >= 0.6 is 0 Å². The summed E-state index contributed by atoms with van der Waals surface area (Å²) in [6, 6.07) is 0. The van der Waals surface area contributed by atoms with E-state index in [0.717, 1.165) is 11.1 Å². The number of carbonyl (C=O) groups excluding carboxylic acids is 2. The van der Waals surface area contributed by atoms with E-state index in [0.29, 0.717) is 6.54 Å². The quantitative estimate of drug-likeness (QED) is 0.784. The molecule has 0 aliphatic heterocycles. The smallest absolute Gasteiger partial charge is 0.407 e. The number of amides is 1. The van der Waals surface area contributed by atoms with Crippen LogP contribution in [0.25, 0.3) is 0 Å². The van der Waals surface area contributed by atoms with Gasteiger partial charge in [0.05, 0.1) is 0 Å². The number of alkyl carbamates (subject to hydrolysis) is 1. The fourth-order valence-electron chi connectivity index (χ4n) is 1.15. The summed E-state index contributed by atoms with van der Waals surface area (Å²) < 4.78 is 5.08. The first kappa shape index (κ1) is 16.4. The number of rotatable bonds is 4. The van der Waals surface area contributed by atoms with Gasteiger partial charge in [-0.25, -0.2) is 4.79 Å². The van der Waals surface area contributed by atoms with E-state index in [1.807, 2.05) is 13.8 Å². The first-order chi connectivity index (χ1) is 8.10. The van der Waals surface area contributed by atoms with Crippen LogP contribution in [0.5, 0.6) is 0 Å². The number of ether oxygens (including phenoxy) is 1. The van der Waals surface area contributed by atoms with Crippen molar-refractivity contribution in [1.29, 1.82) is 0 Å². The standard InChI is InChI=1S/C14H23NO3/c1-10(2)7-12(16)8-11(3)9-15-13(17)18-14(4,5)6/h7-8H,9H2,1-6H3,(H,15,17)/b11-8+. The number of carbonyl (C=O) groups is 2. The van der Waals surface area contributed by atoms with Gasteiger partial charge in [-0.15, -0.1) is 0 Å². The summed E-state index contributed by atoms with van der Waals surface area (Å²) in [5, 5.41) is 2.60. The molecule has 18 heavy (non-hydrogen) atoms. The fourth-order valence-corrected chi connectivity index (χ4v) is 1.15. The monoisotopic (exact) mass is 253 g/mol. The van der Waals surface area contributed by atoms with Gasteiger partial charge in [-0.05, 0) is 53.7 Å². The minimum atomic E-state index is -0.514. The SMILES string of the molecule is CC(C)=CC(=O)/C=C(\C)CNC(=O)OC(C)(C)C. The van der Waals surface area contributed by atoms with E-state index in [9.17, 15) is 9.59 Å². The third-order valence-electron chi connectivity index (χ3n) is 1.73.